The number of halogens is 1. The maximum Gasteiger partial charge on any atom is 0.193 e. The van der Waals surface area contributed by atoms with Crippen LogP contribution in [0.2, 0.25) is 18.1 Å². The molecule has 1 rings (SSSR count). The standard InChI is InChI=1S/C14H24BrNO2Si/c1-14(2,3)19(5,6)18-13(10-17-4)12-8-7-11(15)9-16-12/h7-9,13H,10H2,1-6H3. The van der Waals surface area contributed by atoms with Crippen molar-refractivity contribution in [2.45, 2.75) is 45.0 Å². The van der Waals surface area contributed by atoms with E-state index in [0.717, 1.165) is 10.2 Å². The fourth-order valence-electron chi connectivity index (χ4n) is 1.44. The molecular formula is C14H24BrNO2Si. The zero-order valence-electron chi connectivity index (χ0n) is 12.7. The van der Waals surface area contributed by atoms with Gasteiger partial charge in [0.15, 0.2) is 8.32 Å². The molecule has 0 aromatic carbocycles. The Morgan fingerprint density at radius 2 is 1.95 bits per heavy atom. The van der Waals surface area contributed by atoms with Crippen molar-refractivity contribution in [3.8, 4) is 0 Å². The molecule has 0 aliphatic carbocycles. The number of ether oxygens (including phenoxy) is 1. The van der Waals surface area contributed by atoms with Crippen molar-refractivity contribution in [1.29, 1.82) is 0 Å². The summed E-state index contributed by atoms with van der Waals surface area (Å²) in [5.74, 6) is 0. The summed E-state index contributed by atoms with van der Waals surface area (Å²) in [7, 11) is -0.138. The van der Waals surface area contributed by atoms with Crippen LogP contribution in [-0.4, -0.2) is 27.0 Å². The van der Waals surface area contributed by atoms with Crippen molar-refractivity contribution in [2.75, 3.05) is 13.7 Å². The smallest absolute Gasteiger partial charge is 0.193 e. The molecular weight excluding hydrogens is 322 g/mol. The van der Waals surface area contributed by atoms with E-state index in [1.165, 1.54) is 0 Å². The molecule has 19 heavy (non-hydrogen) atoms. The maximum atomic E-state index is 6.40. The van der Waals surface area contributed by atoms with Crippen LogP contribution in [0, 0.1) is 0 Å². The van der Waals surface area contributed by atoms with Crippen molar-refractivity contribution >= 4 is 24.2 Å². The number of rotatable bonds is 5. The summed E-state index contributed by atoms with van der Waals surface area (Å²) in [4.78, 5) is 4.43. The Bertz CT molecular complexity index is 401. The number of aromatic nitrogens is 1. The highest BCUT2D eigenvalue weighted by Crippen LogP contribution is 2.39. The summed E-state index contributed by atoms with van der Waals surface area (Å²) >= 11 is 3.40. The van der Waals surface area contributed by atoms with Crippen molar-refractivity contribution in [3.05, 3.63) is 28.5 Å². The largest absolute Gasteiger partial charge is 0.406 e. The Morgan fingerprint density at radius 1 is 1.32 bits per heavy atom. The summed E-state index contributed by atoms with van der Waals surface area (Å²) in [6, 6.07) is 3.97. The van der Waals surface area contributed by atoms with Crippen LogP contribution in [0.25, 0.3) is 0 Å². The van der Waals surface area contributed by atoms with E-state index in [9.17, 15) is 0 Å². The minimum absolute atomic E-state index is 0.0982. The quantitative estimate of drug-likeness (QED) is 0.733. The molecule has 1 heterocycles. The number of methoxy groups -OCH3 is 1. The van der Waals surface area contributed by atoms with Gasteiger partial charge in [-0.05, 0) is 46.2 Å². The first-order valence-corrected chi connectivity index (χ1v) is 10.2. The first-order valence-electron chi connectivity index (χ1n) is 6.45. The lowest BCUT2D eigenvalue weighted by Gasteiger charge is -2.39. The molecule has 3 nitrogen and oxygen atoms in total. The van der Waals surface area contributed by atoms with Crippen LogP contribution >= 0.6 is 15.9 Å². The van der Waals surface area contributed by atoms with Gasteiger partial charge in [0.25, 0.3) is 0 Å². The fraction of sp³-hybridized carbons (Fsp3) is 0.643. The molecule has 0 bridgehead atoms. The lowest BCUT2D eigenvalue weighted by atomic mass is 10.2. The lowest BCUT2D eigenvalue weighted by molar-refractivity contribution is 0.0688. The molecule has 0 aliphatic heterocycles. The molecule has 1 aromatic heterocycles. The Kier molecular flexibility index (Phi) is 5.74. The van der Waals surface area contributed by atoms with Crippen molar-refractivity contribution in [3.63, 3.8) is 0 Å². The Labute approximate surface area is 126 Å². The summed E-state index contributed by atoms with van der Waals surface area (Å²) in [5, 5.41) is 0.175. The highest BCUT2D eigenvalue weighted by atomic mass is 79.9. The van der Waals surface area contributed by atoms with Crippen molar-refractivity contribution in [2.24, 2.45) is 0 Å². The van der Waals surface area contributed by atoms with E-state index < -0.39 is 8.32 Å². The summed E-state index contributed by atoms with van der Waals surface area (Å²) < 4.78 is 12.7. The third-order valence-corrected chi connectivity index (χ3v) is 8.60. The molecule has 0 fully saturated rings. The second kappa shape index (κ2) is 6.48. The minimum Gasteiger partial charge on any atom is -0.406 e. The van der Waals surface area contributed by atoms with Crippen LogP contribution in [0.4, 0.5) is 0 Å². The zero-order chi connectivity index (χ0) is 14.7. The average molecular weight is 346 g/mol. The molecule has 0 radical (unpaired) electrons. The van der Waals surface area contributed by atoms with E-state index in [1.807, 2.05) is 12.1 Å². The highest BCUT2D eigenvalue weighted by molar-refractivity contribution is 9.10. The van der Waals surface area contributed by atoms with Gasteiger partial charge >= 0.3 is 0 Å². The van der Waals surface area contributed by atoms with E-state index in [1.54, 1.807) is 13.3 Å². The third kappa shape index (κ3) is 4.67. The molecule has 1 aromatic rings. The van der Waals surface area contributed by atoms with E-state index in [4.69, 9.17) is 9.16 Å². The average Bonchev–Trinajstić information content (AvgIpc) is 2.27. The van der Waals surface area contributed by atoms with Crippen LogP contribution in [0.5, 0.6) is 0 Å². The SMILES string of the molecule is COCC(O[Si](C)(C)C(C)(C)C)c1ccc(Br)cn1. The van der Waals surface area contributed by atoms with Crippen LogP contribution in [-0.2, 0) is 9.16 Å². The van der Waals surface area contributed by atoms with Gasteiger partial charge in [-0.1, -0.05) is 20.8 Å². The monoisotopic (exact) mass is 345 g/mol. The third-order valence-electron chi connectivity index (χ3n) is 3.64. The Balaban J connectivity index is 2.93. The van der Waals surface area contributed by atoms with Gasteiger partial charge in [0.05, 0.1) is 12.3 Å². The van der Waals surface area contributed by atoms with Gasteiger partial charge in [-0.15, -0.1) is 0 Å². The summed E-state index contributed by atoms with van der Waals surface area (Å²) in [6.07, 6.45) is 1.70. The number of nitrogens with zero attached hydrogens (tertiary/aromatic N) is 1. The number of hydrogen-bond donors (Lipinski definition) is 0. The predicted molar refractivity (Wildman–Crippen MR) is 84.8 cm³/mol. The molecule has 0 amide bonds. The maximum absolute atomic E-state index is 6.40. The molecule has 0 spiro atoms. The molecule has 0 N–H and O–H groups in total. The molecule has 0 aliphatic rings. The van der Waals surface area contributed by atoms with Crippen molar-refractivity contribution in [1.82, 2.24) is 4.98 Å². The first-order chi connectivity index (χ1) is 8.67. The van der Waals surface area contributed by atoms with E-state index in [2.05, 4.69) is 54.8 Å². The normalized spacial score (nSPS) is 14.5. The van der Waals surface area contributed by atoms with Crippen LogP contribution < -0.4 is 0 Å². The van der Waals surface area contributed by atoms with E-state index >= 15 is 0 Å². The number of pyridine rings is 1. The lowest BCUT2D eigenvalue weighted by Crippen LogP contribution is -2.42. The second-order valence-electron chi connectivity index (χ2n) is 6.22. The molecule has 1 unspecified atom stereocenters. The highest BCUT2D eigenvalue weighted by Gasteiger charge is 2.39. The number of hydrogen-bond acceptors (Lipinski definition) is 3. The second-order valence-corrected chi connectivity index (χ2v) is 11.9. The Morgan fingerprint density at radius 3 is 2.37 bits per heavy atom. The molecule has 0 saturated carbocycles. The summed E-state index contributed by atoms with van der Waals surface area (Å²) in [6.45, 7) is 11.7. The van der Waals surface area contributed by atoms with Gasteiger partial charge in [-0.25, -0.2) is 0 Å². The molecule has 0 saturated heterocycles. The topological polar surface area (TPSA) is 31.4 Å². The van der Waals surface area contributed by atoms with Crippen LogP contribution in [0.3, 0.4) is 0 Å². The van der Waals surface area contributed by atoms with Gasteiger partial charge in [-0.2, -0.15) is 0 Å². The van der Waals surface area contributed by atoms with Crippen LogP contribution in [0.15, 0.2) is 22.8 Å². The molecule has 5 heteroatoms. The van der Waals surface area contributed by atoms with Gasteiger partial charge in [0.2, 0.25) is 0 Å². The van der Waals surface area contributed by atoms with Gasteiger partial charge in [0, 0.05) is 17.8 Å². The first kappa shape index (κ1) is 16.8. The van der Waals surface area contributed by atoms with E-state index in [-0.39, 0.29) is 11.1 Å². The fourth-order valence-corrected chi connectivity index (χ4v) is 2.93. The summed E-state index contributed by atoms with van der Waals surface area (Å²) in [5.41, 5.74) is 0.926. The zero-order valence-corrected chi connectivity index (χ0v) is 15.2. The van der Waals surface area contributed by atoms with E-state index in [0.29, 0.717) is 6.61 Å². The minimum atomic E-state index is -1.83. The molecule has 108 valence electrons. The van der Waals surface area contributed by atoms with Crippen molar-refractivity contribution < 1.29 is 9.16 Å². The predicted octanol–water partition coefficient (Wildman–Crippen LogP) is 4.55. The van der Waals surface area contributed by atoms with Gasteiger partial charge in [-0.3, -0.25) is 4.98 Å². The Hall–Kier alpha value is -0.233. The van der Waals surface area contributed by atoms with Gasteiger partial charge < -0.3 is 9.16 Å². The molecule has 1 atom stereocenters. The van der Waals surface area contributed by atoms with Gasteiger partial charge in [0.1, 0.15) is 6.10 Å². The van der Waals surface area contributed by atoms with Crippen LogP contribution in [0.1, 0.15) is 32.6 Å².